The van der Waals surface area contributed by atoms with Crippen LogP contribution >= 0.6 is 11.3 Å². The molecule has 0 saturated heterocycles. The lowest BCUT2D eigenvalue weighted by Gasteiger charge is -2.17. The van der Waals surface area contributed by atoms with Crippen molar-refractivity contribution >= 4 is 33.1 Å². The first-order chi connectivity index (χ1) is 14.5. The average molecular weight is 420 g/mol. The second-order valence-electron chi connectivity index (χ2n) is 6.81. The highest BCUT2D eigenvalue weighted by Crippen LogP contribution is 2.31. The number of thiazole rings is 1. The summed E-state index contributed by atoms with van der Waals surface area (Å²) in [6, 6.07) is 21.8. The number of para-hydroxylation sites is 3. The highest BCUT2D eigenvalue weighted by atomic mass is 32.1. The first kappa shape index (κ1) is 20.0. The molecule has 2 atom stereocenters. The molecule has 0 bridgehead atoms. The Bertz CT molecular complexity index is 1140. The lowest BCUT2D eigenvalue weighted by molar-refractivity contribution is -0.129. The summed E-state index contributed by atoms with van der Waals surface area (Å²) < 4.78 is 6.73. The van der Waals surface area contributed by atoms with Crippen LogP contribution in [-0.4, -0.2) is 27.2 Å². The lowest BCUT2D eigenvalue weighted by Crippen LogP contribution is -2.33. The summed E-state index contributed by atoms with van der Waals surface area (Å²) >= 11 is 1.24. The first-order valence-electron chi connectivity index (χ1n) is 9.37. The van der Waals surface area contributed by atoms with Gasteiger partial charge < -0.3 is 20.3 Å². The molecule has 7 heteroatoms. The Balaban J connectivity index is 1.49. The number of carbonyl (C=O) groups is 1. The molecule has 4 aromatic rings. The fourth-order valence-corrected chi connectivity index (χ4v) is 3.88. The van der Waals surface area contributed by atoms with E-state index in [2.05, 4.69) is 10.3 Å². The van der Waals surface area contributed by atoms with Gasteiger partial charge in [0.15, 0.2) is 11.9 Å². The molecule has 0 spiro atoms. The van der Waals surface area contributed by atoms with Gasteiger partial charge in [0.05, 0.1) is 15.9 Å². The number of ether oxygens (including phenoxy) is 1. The molecule has 4 rings (SSSR count). The van der Waals surface area contributed by atoms with Crippen LogP contribution in [0.5, 0.6) is 11.5 Å². The molecule has 0 aliphatic carbocycles. The molecular weight excluding hydrogens is 400 g/mol. The van der Waals surface area contributed by atoms with Crippen molar-refractivity contribution in [3.63, 3.8) is 0 Å². The minimum Gasteiger partial charge on any atom is -0.455 e. The van der Waals surface area contributed by atoms with E-state index in [0.29, 0.717) is 22.7 Å². The number of hydrogen-bond donors (Lipinski definition) is 3. The van der Waals surface area contributed by atoms with Crippen LogP contribution < -0.4 is 10.1 Å². The van der Waals surface area contributed by atoms with Crippen LogP contribution in [0.25, 0.3) is 10.2 Å². The molecule has 0 saturated carbocycles. The van der Waals surface area contributed by atoms with E-state index in [1.165, 1.54) is 11.3 Å². The van der Waals surface area contributed by atoms with E-state index in [1.807, 2.05) is 55.5 Å². The van der Waals surface area contributed by atoms with E-state index in [0.717, 1.165) is 10.3 Å². The van der Waals surface area contributed by atoms with Crippen molar-refractivity contribution in [2.45, 2.75) is 19.1 Å². The zero-order chi connectivity index (χ0) is 21.1. The maximum atomic E-state index is 12.6. The van der Waals surface area contributed by atoms with E-state index in [9.17, 15) is 15.0 Å². The van der Waals surface area contributed by atoms with Crippen molar-refractivity contribution in [3.8, 4) is 11.5 Å². The Labute approximate surface area is 177 Å². The molecule has 1 amide bonds. The Morgan fingerprint density at radius 2 is 1.70 bits per heavy atom. The predicted molar refractivity (Wildman–Crippen MR) is 117 cm³/mol. The molecule has 3 aromatic carbocycles. The Morgan fingerprint density at radius 1 is 1.00 bits per heavy atom. The average Bonchev–Trinajstić information content (AvgIpc) is 3.20. The number of benzene rings is 3. The summed E-state index contributed by atoms with van der Waals surface area (Å²) in [5.41, 5.74) is 2.20. The van der Waals surface area contributed by atoms with Crippen molar-refractivity contribution in [1.82, 2.24) is 4.98 Å². The number of anilines is 1. The van der Waals surface area contributed by atoms with Gasteiger partial charge in [-0.3, -0.25) is 4.79 Å². The first-order valence-corrected chi connectivity index (χ1v) is 10.2. The fraction of sp³-hybridized carbons (Fsp3) is 0.130. The smallest absolute Gasteiger partial charge is 0.256 e. The van der Waals surface area contributed by atoms with Crippen molar-refractivity contribution in [1.29, 1.82) is 0 Å². The number of aliphatic hydroxyl groups excluding tert-OH is 2. The van der Waals surface area contributed by atoms with Crippen LogP contribution in [-0.2, 0) is 4.79 Å². The van der Waals surface area contributed by atoms with Gasteiger partial charge >= 0.3 is 0 Å². The number of amides is 1. The maximum absolute atomic E-state index is 12.6. The third-order valence-electron chi connectivity index (χ3n) is 4.52. The third-order valence-corrected chi connectivity index (χ3v) is 5.63. The summed E-state index contributed by atoms with van der Waals surface area (Å²) in [5.74, 6) is 0.301. The minimum atomic E-state index is -1.68. The number of hydrogen-bond acceptors (Lipinski definition) is 6. The van der Waals surface area contributed by atoms with E-state index in [4.69, 9.17) is 4.74 Å². The van der Waals surface area contributed by atoms with Crippen LogP contribution in [0, 0.1) is 6.92 Å². The number of aryl methyl sites for hydroxylation is 1. The molecular formula is C23H20N2O4S. The van der Waals surface area contributed by atoms with Gasteiger partial charge in [-0.25, -0.2) is 4.98 Å². The number of aromatic nitrogens is 1. The minimum absolute atomic E-state index is 0.281. The van der Waals surface area contributed by atoms with Gasteiger partial charge in [-0.2, -0.15) is 0 Å². The van der Waals surface area contributed by atoms with Gasteiger partial charge in [-0.1, -0.05) is 42.0 Å². The van der Waals surface area contributed by atoms with E-state index >= 15 is 0 Å². The largest absolute Gasteiger partial charge is 0.455 e. The quantitative estimate of drug-likeness (QED) is 0.429. The third kappa shape index (κ3) is 4.33. The second-order valence-corrected chi connectivity index (χ2v) is 7.87. The number of rotatable bonds is 6. The topological polar surface area (TPSA) is 91.7 Å². The fourth-order valence-electron chi connectivity index (χ4n) is 2.89. The number of fused-ring (bicyclic) bond motifs is 1. The monoisotopic (exact) mass is 420 g/mol. The number of aliphatic hydroxyl groups is 2. The molecule has 3 N–H and O–H groups in total. The normalized spacial score (nSPS) is 13.0. The van der Waals surface area contributed by atoms with E-state index in [1.54, 1.807) is 24.3 Å². The van der Waals surface area contributed by atoms with Gasteiger partial charge in [0.1, 0.15) is 16.9 Å². The van der Waals surface area contributed by atoms with Crippen molar-refractivity contribution < 1.29 is 19.7 Å². The molecule has 152 valence electrons. The van der Waals surface area contributed by atoms with Crippen LogP contribution in [0.1, 0.15) is 16.7 Å². The maximum Gasteiger partial charge on any atom is 0.256 e. The molecule has 6 nitrogen and oxygen atoms in total. The predicted octanol–water partition coefficient (Wildman–Crippen LogP) is 4.43. The van der Waals surface area contributed by atoms with Crippen LogP contribution in [0.4, 0.5) is 5.69 Å². The molecule has 0 aliphatic heterocycles. The Kier molecular flexibility index (Phi) is 5.76. The summed E-state index contributed by atoms with van der Waals surface area (Å²) in [4.78, 5) is 16.9. The number of carbonyl (C=O) groups excluding carboxylic acids is 1. The zero-order valence-electron chi connectivity index (χ0n) is 16.1. The molecule has 0 radical (unpaired) electrons. The Morgan fingerprint density at radius 3 is 2.47 bits per heavy atom. The Hall–Kier alpha value is -3.26. The van der Waals surface area contributed by atoms with Crippen molar-refractivity contribution in [2.24, 2.45) is 0 Å². The van der Waals surface area contributed by atoms with Gasteiger partial charge in [-0.15, -0.1) is 11.3 Å². The molecule has 2 unspecified atom stereocenters. The highest BCUT2D eigenvalue weighted by molar-refractivity contribution is 7.18. The second kappa shape index (κ2) is 8.62. The van der Waals surface area contributed by atoms with Gasteiger partial charge in [0, 0.05) is 0 Å². The highest BCUT2D eigenvalue weighted by Gasteiger charge is 2.29. The van der Waals surface area contributed by atoms with Crippen molar-refractivity contribution in [2.75, 3.05) is 5.32 Å². The van der Waals surface area contributed by atoms with Crippen LogP contribution in [0.2, 0.25) is 0 Å². The van der Waals surface area contributed by atoms with E-state index in [-0.39, 0.29) is 5.01 Å². The lowest BCUT2D eigenvalue weighted by atomic mass is 10.2. The van der Waals surface area contributed by atoms with Crippen LogP contribution in [0.3, 0.4) is 0 Å². The van der Waals surface area contributed by atoms with Crippen LogP contribution in [0.15, 0.2) is 72.8 Å². The summed E-state index contributed by atoms with van der Waals surface area (Å²) in [5, 5.41) is 23.8. The van der Waals surface area contributed by atoms with Crippen molar-refractivity contribution in [3.05, 3.63) is 83.4 Å². The van der Waals surface area contributed by atoms with Gasteiger partial charge in [0.2, 0.25) is 0 Å². The summed E-state index contributed by atoms with van der Waals surface area (Å²) in [6.07, 6.45) is -3.12. The van der Waals surface area contributed by atoms with E-state index < -0.39 is 18.1 Å². The number of nitrogens with zero attached hydrogens (tertiary/aromatic N) is 1. The summed E-state index contributed by atoms with van der Waals surface area (Å²) in [7, 11) is 0. The molecule has 30 heavy (non-hydrogen) atoms. The summed E-state index contributed by atoms with van der Waals surface area (Å²) in [6.45, 7) is 1.98. The molecule has 1 heterocycles. The molecule has 1 aromatic heterocycles. The van der Waals surface area contributed by atoms with Gasteiger partial charge in [0.25, 0.3) is 5.91 Å². The van der Waals surface area contributed by atoms with Gasteiger partial charge in [-0.05, 0) is 43.3 Å². The standard InChI is InChI=1S/C23H20N2O4S/c1-14-10-12-15(13-11-14)29-18-8-4-2-6-16(18)24-22(28)20(26)21(27)23-25-17-7-3-5-9-19(17)30-23/h2-13,20-21,26-27H,1H3,(H,24,28). The molecule has 0 aliphatic rings. The SMILES string of the molecule is Cc1ccc(Oc2ccccc2NC(=O)C(O)C(O)c2nc3ccccc3s2)cc1. The molecule has 0 fully saturated rings. The number of nitrogens with one attached hydrogen (secondary N) is 1. The zero-order valence-corrected chi connectivity index (χ0v) is 17.0.